The topological polar surface area (TPSA) is 66.4 Å². The SMILES string of the molecule is Br.C.C.C.C.CC=O.O=CO[O-].[B].[H-].[H-].[K+].[K+].[Na+]. The first kappa shape index (κ1) is 89.6. The first-order valence-corrected chi connectivity index (χ1v) is 1.45. The summed E-state index contributed by atoms with van der Waals surface area (Å²) in [6, 6.07) is 0. The molecule has 0 heterocycles. The summed E-state index contributed by atoms with van der Waals surface area (Å²) in [5, 5.41) is 8.43. The first-order valence-electron chi connectivity index (χ1n) is 1.45. The zero-order valence-corrected chi connectivity index (χ0v) is 17.7. The van der Waals surface area contributed by atoms with Crippen molar-refractivity contribution in [2.24, 2.45) is 0 Å². The molecule has 0 spiro atoms. The second-order valence-electron chi connectivity index (χ2n) is 0.428. The van der Waals surface area contributed by atoms with Crippen molar-refractivity contribution in [3.8, 4) is 0 Å². The minimum atomic E-state index is -0.181. The molecule has 0 aliphatic heterocycles. The summed E-state index contributed by atoms with van der Waals surface area (Å²) in [5.74, 6) is 0. The third kappa shape index (κ3) is 212. The predicted octanol–water partition coefficient (Wildman–Crippen LogP) is -7.38. The van der Waals surface area contributed by atoms with Gasteiger partial charge in [-0.2, -0.15) is 0 Å². The van der Waals surface area contributed by atoms with Crippen LogP contribution in [0.1, 0.15) is 39.5 Å². The summed E-state index contributed by atoms with van der Waals surface area (Å²) >= 11 is 0. The van der Waals surface area contributed by atoms with E-state index in [4.69, 9.17) is 14.8 Å². The van der Waals surface area contributed by atoms with Crippen molar-refractivity contribution in [2.75, 3.05) is 0 Å². The molecule has 0 saturated carbocycles. The van der Waals surface area contributed by atoms with Crippen molar-refractivity contribution in [3.63, 3.8) is 0 Å². The number of carbonyl (C=O) groups is 2. The zero-order chi connectivity index (χ0) is 6.12. The number of carbonyl (C=O) groups excluding carboxylic acids is 2. The maximum absolute atomic E-state index is 8.81. The Morgan fingerprint density at radius 2 is 1.12 bits per heavy atom. The second-order valence-corrected chi connectivity index (χ2v) is 0.428. The summed E-state index contributed by atoms with van der Waals surface area (Å²) < 4.78 is 0. The largest absolute Gasteiger partial charge is 1.00 e. The van der Waals surface area contributed by atoms with Crippen LogP contribution in [0.5, 0.6) is 0 Å². The van der Waals surface area contributed by atoms with E-state index in [-0.39, 0.29) is 197 Å². The van der Waals surface area contributed by atoms with Gasteiger partial charge in [-0.05, 0) is 6.92 Å². The zero-order valence-electron chi connectivity index (χ0n) is 9.77. The number of hydrogen-bond acceptors (Lipinski definition) is 4. The van der Waals surface area contributed by atoms with E-state index in [1.165, 1.54) is 6.92 Å². The summed E-state index contributed by atoms with van der Waals surface area (Å²) in [6.45, 7) is 1.26. The molecule has 0 aromatic heterocycles. The molecule has 9 heteroatoms. The van der Waals surface area contributed by atoms with Crippen LogP contribution >= 0.6 is 17.0 Å². The molecule has 0 fully saturated rings. The molecule has 89 valence electrons. The molecule has 3 radical (unpaired) electrons. The molecule has 0 aromatic carbocycles. The molecule has 0 aliphatic carbocycles. The minimum absolute atomic E-state index is 0. The van der Waals surface area contributed by atoms with E-state index in [9.17, 15) is 0 Å². The van der Waals surface area contributed by atoms with Gasteiger partial charge < -0.3 is 17.8 Å². The predicted molar refractivity (Wildman–Crippen MR) is 64.1 cm³/mol. The molecule has 0 N–H and O–H groups in total. The average molecular weight is 364 g/mol. The molecule has 4 nitrogen and oxygen atoms in total. The van der Waals surface area contributed by atoms with Crippen LogP contribution in [0.15, 0.2) is 0 Å². The fourth-order valence-corrected chi connectivity index (χ4v) is 0. The minimum Gasteiger partial charge on any atom is -1.00 e. The first-order chi connectivity index (χ1) is 3.33. The van der Waals surface area contributed by atoms with E-state index < -0.39 is 0 Å². The van der Waals surface area contributed by atoms with E-state index in [0.29, 0.717) is 0 Å². The smallest absolute Gasteiger partial charge is 1.00 e. The third-order valence-corrected chi connectivity index (χ3v) is 0.0393. The summed E-state index contributed by atoms with van der Waals surface area (Å²) in [6.07, 6.45) is 0.750. The Morgan fingerprint density at radius 3 is 1.12 bits per heavy atom. The van der Waals surface area contributed by atoms with Crippen LogP contribution in [0.2, 0.25) is 0 Å². The van der Waals surface area contributed by atoms with Crippen molar-refractivity contribution >= 4 is 38.2 Å². The Bertz CT molecular complexity index is 78.7. The van der Waals surface area contributed by atoms with Gasteiger partial charge in [-0.15, -0.1) is 17.0 Å². The van der Waals surface area contributed by atoms with Crippen LogP contribution in [0.4, 0.5) is 0 Å². The monoisotopic (exact) mass is 363 g/mol. The van der Waals surface area contributed by atoms with Crippen LogP contribution < -0.4 is 138 Å². The molecule has 0 unspecified atom stereocenters. The quantitative estimate of drug-likeness (QED) is 0.201. The van der Waals surface area contributed by atoms with Gasteiger partial charge in [-0.3, -0.25) is 4.79 Å². The van der Waals surface area contributed by atoms with Crippen LogP contribution in [-0.4, -0.2) is 21.2 Å². The van der Waals surface area contributed by atoms with Gasteiger partial charge in [-0.25, -0.2) is 0 Å². The van der Waals surface area contributed by atoms with Crippen molar-refractivity contribution in [1.82, 2.24) is 0 Å². The number of aldehydes is 1. The number of rotatable bonds is 1. The Morgan fingerprint density at radius 1 is 1.06 bits per heavy atom. The summed E-state index contributed by atoms with van der Waals surface area (Å²) in [7, 11) is 0. The normalized spacial score (nSPS) is 2.12. The van der Waals surface area contributed by atoms with Crippen LogP contribution in [-0.2, 0) is 14.5 Å². The number of hydrogen-bond donors (Lipinski definition) is 0. The van der Waals surface area contributed by atoms with Gasteiger partial charge in [0.1, 0.15) is 6.29 Å². The van der Waals surface area contributed by atoms with E-state index >= 15 is 0 Å². The van der Waals surface area contributed by atoms with Gasteiger partial charge in [0, 0.05) is 8.41 Å². The fraction of sp³-hybridized carbons (Fsp3) is 0.714. The number of halogens is 1. The molecule has 0 bridgehead atoms. The Hall–Kier alpha value is 3.92. The Labute approximate surface area is 224 Å². The third-order valence-electron chi connectivity index (χ3n) is 0.0393. The maximum Gasteiger partial charge on any atom is 1.00 e. The summed E-state index contributed by atoms with van der Waals surface area (Å²) in [5.41, 5.74) is 0. The van der Waals surface area contributed by atoms with Gasteiger partial charge in [0.15, 0.2) is 0 Å². The van der Waals surface area contributed by atoms with Crippen LogP contribution in [0.25, 0.3) is 0 Å². The van der Waals surface area contributed by atoms with Gasteiger partial charge in [0.2, 0.25) is 0 Å². The average Bonchev–Trinajstić information content (AvgIpc) is 1.69. The van der Waals surface area contributed by atoms with Crippen molar-refractivity contribution < 1.29 is 155 Å². The van der Waals surface area contributed by atoms with E-state index in [0.717, 1.165) is 6.29 Å². The molecule has 0 aromatic rings. The molecular weight excluding hydrogens is 340 g/mol. The fourth-order valence-electron chi connectivity index (χ4n) is 0. The second kappa shape index (κ2) is 127. The van der Waals surface area contributed by atoms with Crippen molar-refractivity contribution in [3.05, 3.63) is 0 Å². The molecule has 0 amide bonds. The molecule has 0 saturated heterocycles. The summed E-state index contributed by atoms with van der Waals surface area (Å²) in [4.78, 5) is 20.1. The van der Waals surface area contributed by atoms with Gasteiger partial charge >= 0.3 is 132 Å². The standard InChI is InChI=1S/C2H4O.CH2O3.4CH4.B.BrH.2K.Na.2H/c1-2-3;2-1-4-3;;;;;;;;;;;/h2H,1H3;1,3H;4*1H4;;1H;;;;;/q;;;;;;;;3*+1;2*-1/p-1. The molecule has 0 atom stereocenters. The molecule has 0 aliphatic rings. The van der Waals surface area contributed by atoms with E-state index in [1.807, 2.05) is 0 Å². The molecular formula is C7H24BBrK2NaO4. The maximum atomic E-state index is 8.81. The van der Waals surface area contributed by atoms with E-state index in [2.05, 4.69) is 4.89 Å². The van der Waals surface area contributed by atoms with Crippen LogP contribution in [0.3, 0.4) is 0 Å². The van der Waals surface area contributed by atoms with Crippen molar-refractivity contribution in [2.45, 2.75) is 36.6 Å². The van der Waals surface area contributed by atoms with Crippen molar-refractivity contribution in [1.29, 1.82) is 0 Å². The Balaban J connectivity index is -0.00000000158. The van der Waals surface area contributed by atoms with E-state index in [1.54, 1.807) is 0 Å². The van der Waals surface area contributed by atoms with Crippen LogP contribution in [0, 0.1) is 0 Å². The molecule has 16 heavy (non-hydrogen) atoms. The Kier molecular flexibility index (Phi) is 711. The molecule has 0 rings (SSSR count). The van der Waals surface area contributed by atoms with Gasteiger partial charge in [0.25, 0.3) is 6.47 Å². The van der Waals surface area contributed by atoms with Gasteiger partial charge in [-0.1, -0.05) is 29.7 Å². The van der Waals surface area contributed by atoms with Gasteiger partial charge in [0.05, 0.1) is 0 Å².